The average molecular weight is 345 g/mol. The summed E-state index contributed by atoms with van der Waals surface area (Å²) in [7, 11) is 0. The lowest BCUT2D eigenvalue weighted by Gasteiger charge is -2.36. The van der Waals surface area contributed by atoms with Crippen molar-refractivity contribution in [2.75, 3.05) is 0 Å². The molecule has 3 aliphatic rings. The van der Waals surface area contributed by atoms with Crippen LogP contribution in [0.15, 0.2) is 63.3 Å². The Labute approximate surface area is 149 Å². The number of fused-ring (bicyclic) bond motifs is 2. The molecule has 1 aromatic heterocycles. The Morgan fingerprint density at radius 3 is 2.38 bits per heavy atom. The molecule has 0 spiro atoms. The first kappa shape index (κ1) is 15.2. The van der Waals surface area contributed by atoms with Gasteiger partial charge in [0.05, 0.1) is 18.1 Å². The number of nitrogens with zero attached hydrogens (tertiary/aromatic N) is 1. The number of hydrogen-bond acceptors (Lipinski definition) is 5. The van der Waals surface area contributed by atoms with Crippen molar-refractivity contribution in [1.82, 2.24) is 0 Å². The van der Waals surface area contributed by atoms with Gasteiger partial charge in [-0.25, -0.2) is 0 Å². The molecule has 2 aromatic rings. The minimum Gasteiger partial charge on any atom is -0.469 e. The van der Waals surface area contributed by atoms with Gasteiger partial charge in [0.1, 0.15) is 17.2 Å². The van der Waals surface area contributed by atoms with Crippen LogP contribution in [0.3, 0.4) is 0 Å². The van der Waals surface area contributed by atoms with Crippen LogP contribution in [0.25, 0.3) is 0 Å². The standard InChI is InChI=1S/C21H15NO4/c23-14-8-3-7-13-16(14)17(15-9-4-10-26-15)18-19(22-13)21(25)12-6-2-1-5-11(12)20(18)24/h1-2,4-6,9-10,16-17H,3,7-8H2. The lowest BCUT2D eigenvalue weighted by Crippen LogP contribution is -2.41. The molecule has 0 radical (unpaired) electrons. The molecule has 1 fully saturated rings. The molecule has 0 amide bonds. The minimum atomic E-state index is -0.579. The van der Waals surface area contributed by atoms with E-state index in [0.717, 1.165) is 6.42 Å². The Bertz CT molecular complexity index is 1030. The van der Waals surface area contributed by atoms with E-state index in [-0.39, 0.29) is 23.0 Å². The van der Waals surface area contributed by atoms with Crippen LogP contribution in [-0.4, -0.2) is 23.1 Å². The molecule has 2 atom stereocenters. The van der Waals surface area contributed by atoms with Crippen molar-refractivity contribution in [3.05, 3.63) is 70.8 Å². The molecule has 1 aliphatic heterocycles. The molecule has 1 saturated carbocycles. The van der Waals surface area contributed by atoms with Crippen LogP contribution in [0.1, 0.15) is 51.7 Å². The molecule has 128 valence electrons. The molecular weight excluding hydrogens is 330 g/mol. The molecule has 1 aromatic carbocycles. The number of aliphatic imine (C=N–C) groups is 1. The molecule has 2 heterocycles. The number of hydrogen-bond donors (Lipinski definition) is 0. The molecule has 2 aliphatic carbocycles. The molecule has 0 N–H and O–H groups in total. The highest BCUT2D eigenvalue weighted by Gasteiger charge is 2.48. The van der Waals surface area contributed by atoms with Crippen LogP contribution < -0.4 is 0 Å². The summed E-state index contributed by atoms with van der Waals surface area (Å²) in [6.45, 7) is 0. The highest BCUT2D eigenvalue weighted by Crippen LogP contribution is 2.46. The Balaban J connectivity index is 1.78. The van der Waals surface area contributed by atoms with E-state index in [1.54, 1.807) is 36.4 Å². The summed E-state index contributed by atoms with van der Waals surface area (Å²) in [5, 5.41) is 0. The molecule has 0 bridgehead atoms. The van der Waals surface area contributed by atoms with Crippen LogP contribution in [-0.2, 0) is 4.79 Å². The van der Waals surface area contributed by atoms with Gasteiger partial charge in [-0.2, -0.15) is 0 Å². The van der Waals surface area contributed by atoms with E-state index in [2.05, 4.69) is 4.99 Å². The summed E-state index contributed by atoms with van der Waals surface area (Å²) in [6.07, 6.45) is 3.37. The Morgan fingerprint density at radius 1 is 0.885 bits per heavy atom. The highest BCUT2D eigenvalue weighted by molar-refractivity contribution is 6.29. The molecule has 2 unspecified atom stereocenters. The Morgan fingerprint density at radius 2 is 1.65 bits per heavy atom. The normalized spacial score (nSPS) is 24.8. The van der Waals surface area contributed by atoms with Crippen LogP contribution in [0.4, 0.5) is 0 Å². The minimum absolute atomic E-state index is 0.0575. The number of rotatable bonds is 1. The van der Waals surface area contributed by atoms with Gasteiger partial charge in [0.25, 0.3) is 0 Å². The van der Waals surface area contributed by atoms with Gasteiger partial charge in [-0.15, -0.1) is 0 Å². The maximum atomic E-state index is 13.3. The van der Waals surface area contributed by atoms with E-state index in [0.29, 0.717) is 41.0 Å². The monoisotopic (exact) mass is 345 g/mol. The molecular formula is C21H15NO4. The first-order valence-electron chi connectivity index (χ1n) is 8.73. The van der Waals surface area contributed by atoms with Gasteiger partial charge in [-0.3, -0.25) is 19.4 Å². The summed E-state index contributed by atoms with van der Waals surface area (Å²) in [4.78, 5) is 43.5. The zero-order chi connectivity index (χ0) is 17.8. The number of Topliss-reactive ketones (excluding diaryl/α,β-unsaturated/α-hetero) is 3. The van der Waals surface area contributed by atoms with Crippen LogP contribution in [0, 0.1) is 5.92 Å². The van der Waals surface area contributed by atoms with Crippen LogP contribution >= 0.6 is 0 Å². The number of carbonyl (C=O) groups is 3. The largest absolute Gasteiger partial charge is 0.469 e. The number of carbonyl (C=O) groups excluding carboxylic acids is 3. The predicted molar refractivity (Wildman–Crippen MR) is 93.4 cm³/mol. The third-order valence-corrected chi connectivity index (χ3v) is 5.44. The zero-order valence-electron chi connectivity index (χ0n) is 13.9. The maximum absolute atomic E-state index is 13.3. The topological polar surface area (TPSA) is 76.7 Å². The van der Waals surface area contributed by atoms with Gasteiger partial charge in [0.2, 0.25) is 5.78 Å². The molecule has 5 heteroatoms. The van der Waals surface area contributed by atoms with Gasteiger partial charge in [-0.05, 0) is 25.0 Å². The number of ketones is 3. The van der Waals surface area contributed by atoms with Gasteiger partial charge in [-0.1, -0.05) is 24.3 Å². The first-order valence-corrected chi connectivity index (χ1v) is 8.73. The smallest absolute Gasteiger partial charge is 0.212 e. The van der Waals surface area contributed by atoms with Crippen LogP contribution in [0.5, 0.6) is 0 Å². The van der Waals surface area contributed by atoms with Gasteiger partial charge >= 0.3 is 0 Å². The third kappa shape index (κ3) is 1.97. The SMILES string of the molecule is O=C1C2=C(C(=O)c3ccccc31)C(c1ccco1)C1C(=O)CCCC1=N2. The lowest BCUT2D eigenvalue weighted by molar-refractivity contribution is -0.122. The van der Waals surface area contributed by atoms with E-state index in [1.807, 2.05) is 0 Å². The van der Waals surface area contributed by atoms with Crippen molar-refractivity contribution in [2.45, 2.75) is 25.2 Å². The zero-order valence-corrected chi connectivity index (χ0v) is 13.9. The Hall–Kier alpha value is -3.08. The fourth-order valence-corrected chi connectivity index (χ4v) is 4.31. The highest BCUT2D eigenvalue weighted by atomic mass is 16.3. The fourth-order valence-electron chi connectivity index (χ4n) is 4.31. The van der Waals surface area contributed by atoms with Gasteiger partial charge in [0.15, 0.2) is 5.78 Å². The second kappa shape index (κ2) is 5.46. The molecule has 5 rings (SSSR count). The van der Waals surface area contributed by atoms with Gasteiger partial charge in [0, 0.05) is 28.8 Å². The van der Waals surface area contributed by atoms with Crippen molar-refractivity contribution in [3.8, 4) is 0 Å². The van der Waals surface area contributed by atoms with E-state index < -0.39 is 11.8 Å². The molecule has 5 nitrogen and oxygen atoms in total. The summed E-state index contributed by atoms with van der Waals surface area (Å²) < 4.78 is 5.59. The summed E-state index contributed by atoms with van der Waals surface area (Å²) in [6, 6.07) is 10.3. The second-order valence-electron chi connectivity index (χ2n) is 6.86. The number of allylic oxidation sites excluding steroid dienone is 2. The summed E-state index contributed by atoms with van der Waals surface area (Å²) >= 11 is 0. The average Bonchev–Trinajstić information content (AvgIpc) is 3.19. The maximum Gasteiger partial charge on any atom is 0.212 e. The van der Waals surface area contributed by atoms with Gasteiger partial charge < -0.3 is 4.42 Å². The van der Waals surface area contributed by atoms with E-state index in [1.165, 1.54) is 6.26 Å². The predicted octanol–water partition coefficient (Wildman–Crippen LogP) is 3.52. The quantitative estimate of drug-likeness (QED) is 0.792. The molecule has 0 saturated heterocycles. The van der Waals surface area contributed by atoms with Crippen LogP contribution in [0.2, 0.25) is 0 Å². The third-order valence-electron chi connectivity index (χ3n) is 5.44. The van der Waals surface area contributed by atoms with Crippen molar-refractivity contribution in [1.29, 1.82) is 0 Å². The second-order valence-corrected chi connectivity index (χ2v) is 6.86. The Kier molecular flexibility index (Phi) is 3.19. The van der Waals surface area contributed by atoms with Crippen molar-refractivity contribution in [2.24, 2.45) is 10.9 Å². The van der Waals surface area contributed by atoms with Crippen molar-refractivity contribution < 1.29 is 18.8 Å². The number of furan rings is 1. The van der Waals surface area contributed by atoms with E-state index >= 15 is 0 Å². The lowest BCUT2D eigenvalue weighted by atomic mass is 9.67. The summed E-state index contributed by atoms with van der Waals surface area (Å²) in [5.74, 6) is -0.998. The van der Waals surface area contributed by atoms with Crippen molar-refractivity contribution in [3.63, 3.8) is 0 Å². The first-order chi connectivity index (χ1) is 12.7. The number of benzene rings is 1. The molecule has 26 heavy (non-hydrogen) atoms. The van der Waals surface area contributed by atoms with Crippen molar-refractivity contribution >= 4 is 23.1 Å². The van der Waals surface area contributed by atoms with E-state index in [9.17, 15) is 14.4 Å². The van der Waals surface area contributed by atoms with E-state index in [4.69, 9.17) is 4.42 Å². The fraction of sp³-hybridized carbons (Fsp3) is 0.238. The summed E-state index contributed by atoms with van der Waals surface area (Å²) in [5.41, 5.74) is 1.92.